The van der Waals surface area contributed by atoms with Gasteiger partial charge in [-0.3, -0.25) is 0 Å². The number of fused-ring (bicyclic) bond motifs is 1. The fourth-order valence-electron chi connectivity index (χ4n) is 3.45. The summed E-state index contributed by atoms with van der Waals surface area (Å²) in [4.78, 5) is 23.3. The molecule has 1 unspecified atom stereocenters. The topological polar surface area (TPSA) is 63.1 Å². The second-order valence-electron chi connectivity index (χ2n) is 6.87. The monoisotopic (exact) mass is 329 g/mol. The van der Waals surface area contributed by atoms with Crippen LogP contribution in [-0.2, 0) is 6.42 Å². The first-order valence-electron chi connectivity index (χ1n) is 8.94. The molecule has 2 aromatic heterocycles. The molecule has 2 aromatic rings. The molecule has 1 atom stereocenters. The highest BCUT2D eigenvalue weighted by Gasteiger charge is 2.28. The Morgan fingerprint density at radius 3 is 3.04 bits per heavy atom. The number of rotatable bonds is 5. The number of carbonyl (C=O) groups is 1. The lowest BCUT2D eigenvalue weighted by Gasteiger charge is -2.18. The van der Waals surface area contributed by atoms with Gasteiger partial charge in [0.05, 0.1) is 0 Å². The van der Waals surface area contributed by atoms with Gasteiger partial charge >= 0.3 is 6.03 Å². The lowest BCUT2D eigenvalue weighted by Crippen LogP contribution is -2.38. The largest absolute Gasteiger partial charge is 0.338 e. The van der Waals surface area contributed by atoms with Gasteiger partial charge in [-0.2, -0.15) is 0 Å². The molecule has 1 fully saturated rings. The molecular formula is C18H27N5O. The van der Waals surface area contributed by atoms with Crippen LogP contribution < -0.4 is 5.32 Å². The van der Waals surface area contributed by atoms with Crippen LogP contribution in [0.3, 0.4) is 0 Å². The fourth-order valence-corrected chi connectivity index (χ4v) is 3.45. The van der Waals surface area contributed by atoms with Crippen LogP contribution >= 0.6 is 0 Å². The third kappa shape index (κ3) is 3.37. The lowest BCUT2D eigenvalue weighted by molar-refractivity contribution is 0.207. The summed E-state index contributed by atoms with van der Waals surface area (Å²) in [5, 5.41) is 2.97. The third-order valence-electron chi connectivity index (χ3n) is 4.61. The van der Waals surface area contributed by atoms with Crippen molar-refractivity contribution in [2.45, 2.75) is 46.1 Å². The first-order valence-corrected chi connectivity index (χ1v) is 8.94. The maximum Gasteiger partial charge on any atom is 0.317 e. The van der Waals surface area contributed by atoms with Gasteiger partial charge in [0, 0.05) is 38.3 Å². The SMILES string of the molecule is CCCNC(=O)N1CCC(Cc2nc3cccnc3n2C(C)C)C1. The first-order chi connectivity index (χ1) is 11.6. The lowest BCUT2D eigenvalue weighted by atomic mass is 10.0. The molecule has 24 heavy (non-hydrogen) atoms. The van der Waals surface area contributed by atoms with Gasteiger partial charge in [0.1, 0.15) is 11.3 Å². The molecule has 1 saturated heterocycles. The van der Waals surface area contributed by atoms with Crippen LogP contribution in [0.2, 0.25) is 0 Å². The first kappa shape index (κ1) is 16.7. The van der Waals surface area contributed by atoms with Gasteiger partial charge < -0.3 is 14.8 Å². The van der Waals surface area contributed by atoms with E-state index in [-0.39, 0.29) is 6.03 Å². The predicted octanol–water partition coefficient (Wildman–Crippen LogP) is 3.00. The molecule has 1 aliphatic rings. The maximum absolute atomic E-state index is 12.1. The number of amides is 2. The zero-order valence-electron chi connectivity index (χ0n) is 14.8. The minimum atomic E-state index is 0.0679. The fraction of sp³-hybridized carbons (Fsp3) is 0.611. The Labute approximate surface area is 143 Å². The Hall–Kier alpha value is -2.11. The average Bonchev–Trinajstić information content (AvgIpc) is 3.16. The molecule has 6 nitrogen and oxygen atoms in total. The summed E-state index contributed by atoms with van der Waals surface area (Å²) in [7, 11) is 0. The summed E-state index contributed by atoms with van der Waals surface area (Å²) in [6.45, 7) is 8.79. The molecule has 3 heterocycles. The van der Waals surface area contributed by atoms with Gasteiger partial charge in [0.15, 0.2) is 5.65 Å². The molecule has 1 aliphatic heterocycles. The van der Waals surface area contributed by atoms with Crippen molar-refractivity contribution in [2.24, 2.45) is 5.92 Å². The molecule has 0 bridgehead atoms. The highest BCUT2D eigenvalue weighted by Crippen LogP contribution is 2.25. The molecular weight excluding hydrogens is 302 g/mol. The van der Waals surface area contributed by atoms with Crippen LogP contribution in [0.5, 0.6) is 0 Å². The van der Waals surface area contributed by atoms with E-state index in [0.717, 1.165) is 55.9 Å². The smallest absolute Gasteiger partial charge is 0.317 e. The molecule has 6 heteroatoms. The molecule has 1 N–H and O–H groups in total. The van der Waals surface area contributed by atoms with E-state index < -0.39 is 0 Å². The number of pyridine rings is 1. The quantitative estimate of drug-likeness (QED) is 0.917. The van der Waals surface area contributed by atoms with E-state index in [0.29, 0.717) is 12.0 Å². The number of nitrogens with one attached hydrogen (secondary N) is 1. The summed E-state index contributed by atoms with van der Waals surface area (Å²) in [6, 6.07) is 4.34. The van der Waals surface area contributed by atoms with Crippen molar-refractivity contribution < 1.29 is 4.79 Å². The minimum absolute atomic E-state index is 0.0679. The Morgan fingerprint density at radius 1 is 1.46 bits per heavy atom. The third-order valence-corrected chi connectivity index (χ3v) is 4.61. The van der Waals surface area contributed by atoms with Crippen molar-refractivity contribution in [3.8, 4) is 0 Å². The van der Waals surface area contributed by atoms with Crippen molar-refractivity contribution in [1.82, 2.24) is 24.8 Å². The van der Waals surface area contributed by atoms with Crippen molar-refractivity contribution in [3.63, 3.8) is 0 Å². The number of urea groups is 1. The summed E-state index contributed by atoms with van der Waals surface area (Å²) in [6.07, 6.45) is 4.72. The Kier molecular flexibility index (Phi) is 5.02. The number of hydrogen-bond donors (Lipinski definition) is 1. The molecule has 0 aromatic carbocycles. The van der Waals surface area contributed by atoms with Crippen LogP contribution in [0.4, 0.5) is 4.79 Å². The summed E-state index contributed by atoms with van der Waals surface area (Å²) in [5.74, 6) is 1.55. The van der Waals surface area contributed by atoms with E-state index in [1.165, 1.54) is 0 Å². The predicted molar refractivity (Wildman–Crippen MR) is 95.0 cm³/mol. The number of nitrogens with zero attached hydrogens (tertiary/aromatic N) is 4. The molecule has 0 aliphatic carbocycles. The van der Waals surface area contributed by atoms with Crippen molar-refractivity contribution in [3.05, 3.63) is 24.2 Å². The van der Waals surface area contributed by atoms with Gasteiger partial charge in [-0.1, -0.05) is 6.92 Å². The number of imidazole rings is 1. The zero-order valence-corrected chi connectivity index (χ0v) is 14.8. The van der Waals surface area contributed by atoms with E-state index in [1.807, 2.05) is 23.2 Å². The summed E-state index contributed by atoms with van der Waals surface area (Å²) >= 11 is 0. The van der Waals surface area contributed by atoms with Crippen LogP contribution in [-0.4, -0.2) is 45.1 Å². The second kappa shape index (κ2) is 7.20. The summed E-state index contributed by atoms with van der Waals surface area (Å²) in [5.41, 5.74) is 1.91. The second-order valence-corrected chi connectivity index (χ2v) is 6.87. The van der Waals surface area contributed by atoms with Crippen LogP contribution in [0.25, 0.3) is 11.2 Å². The van der Waals surface area contributed by atoms with E-state index in [4.69, 9.17) is 4.98 Å². The number of carbonyl (C=O) groups excluding carboxylic acids is 1. The van der Waals surface area contributed by atoms with Gasteiger partial charge in [-0.05, 0) is 44.7 Å². The number of hydrogen-bond acceptors (Lipinski definition) is 3. The van der Waals surface area contributed by atoms with E-state index in [9.17, 15) is 4.79 Å². The summed E-state index contributed by atoms with van der Waals surface area (Å²) < 4.78 is 2.23. The minimum Gasteiger partial charge on any atom is -0.338 e. The molecule has 2 amide bonds. The van der Waals surface area contributed by atoms with Crippen LogP contribution in [0.15, 0.2) is 18.3 Å². The molecule has 130 valence electrons. The van der Waals surface area contributed by atoms with E-state index >= 15 is 0 Å². The number of likely N-dealkylation sites (tertiary alicyclic amines) is 1. The standard InChI is InChI=1S/C18H27N5O/c1-4-8-20-18(24)22-10-7-14(12-22)11-16-21-15-6-5-9-19-17(15)23(16)13(2)3/h5-6,9,13-14H,4,7-8,10-12H2,1-3H3,(H,20,24). The zero-order chi connectivity index (χ0) is 17.1. The van der Waals surface area contributed by atoms with Crippen LogP contribution in [0.1, 0.15) is 45.5 Å². The van der Waals surface area contributed by atoms with E-state index in [1.54, 1.807) is 0 Å². The molecule has 3 rings (SSSR count). The maximum atomic E-state index is 12.1. The van der Waals surface area contributed by atoms with Gasteiger partial charge in [-0.25, -0.2) is 14.8 Å². The molecule has 0 saturated carbocycles. The van der Waals surface area contributed by atoms with Crippen molar-refractivity contribution in [1.29, 1.82) is 0 Å². The highest BCUT2D eigenvalue weighted by atomic mass is 16.2. The van der Waals surface area contributed by atoms with Gasteiger partial charge in [0.25, 0.3) is 0 Å². The Balaban J connectivity index is 1.72. The Morgan fingerprint density at radius 2 is 2.29 bits per heavy atom. The highest BCUT2D eigenvalue weighted by molar-refractivity contribution is 5.74. The van der Waals surface area contributed by atoms with Crippen molar-refractivity contribution >= 4 is 17.2 Å². The van der Waals surface area contributed by atoms with Gasteiger partial charge in [-0.15, -0.1) is 0 Å². The van der Waals surface area contributed by atoms with Crippen molar-refractivity contribution in [2.75, 3.05) is 19.6 Å². The van der Waals surface area contributed by atoms with Crippen LogP contribution in [0, 0.1) is 5.92 Å². The molecule has 0 spiro atoms. The average molecular weight is 329 g/mol. The van der Waals surface area contributed by atoms with E-state index in [2.05, 4.69) is 35.6 Å². The number of aromatic nitrogens is 3. The normalized spacial score (nSPS) is 17.8. The van der Waals surface area contributed by atoms with Gasteiger partial charge in [0.2, 0.25) is 0 Å². The molecule has 0 radical (unpaired) electrons. The Bertz CT molecular complexity index is 708.